The molecule has 0 amide bonds. The van der Waals surface area contributed by atoms with Crippen LogP contribution in [0.2, 0.25) is 0 Å². The maximum Gasteiger partial charge on any atom is 0.401 e. The molecule has 62 valence electrons. The highest BCUT2D eigenvalue weighted by atomic mass is 16.4. The molecule has 1 aromatic rings. The fourth-order valence-corrected chi connectivity index (χ4v) is 0.969. The molecule has 0 aliphatic carbocycles. The molecule has 0 atom stereocenters. The predicted molar refractivity (Wildman–Crippen MR) is 43.8 cm³/mol. The van der Waals surface area contributed by atoms with E-state index in [0.29, 0.717) is 6.54 Å². The third kappa shape index (κ3) is 1.69. The van der Waals surface area contributed by atoms with Gasteiger partial charge in [-0.2, -0.15) is 4.57 Å². The van der Waals surface area contributed by atoms with E-state index < -0.39 is 5.97 Å². The van der Waals surface area contributed by atoms with Crippen molar-refractivity contribution in [3.05, 3.63) is 42.7 Å². The lowest BCUT2D eigenvalue weighted by molar-refractivity contribution is -0.689. The van der Waals surface area contributed by atoms with Crippen molar-refractivity contribution in [1.82, 2.24) is 0 Å². The zero-order valence-electron chi connectivity index (χ0n) is 6.60. The van der Waals surface area contributed by atoms with Crippen LogP contribution in [-0.4, -0.2) is 11.1 Å². The van der Waals surface area contributed by atoms with Crippen LogP contribution in [-0.2, 0) is 6.54 Å². The number of hydrogen-bond donors (Lipinski definition) is 1. The number of nitrogens with zero attached hydrogens (tertiary/aromatic N) is 1. The quantitative estimate of drug-likeness (QED) is 0.531. The van der Waals surface area contributed by atoms with Crippen molar-refractivity contribution in [1.29, 1.82) is 0 Å². The summed E-state index contributed by atoms with van der Waals surface area (Å²) in [7, 11) is 0. The van der Waals surface area contributed by atoms with Gasteiger partial charge in [-0.05, 0) is 12.1 Å². The lowest BCUT2D eigenvalue weighted by Gasteiger charge is -1.94. The van der Waals surface area contributed by atoms with Crippen LogP contribution in [0.25, 0.3) is 0 Å². The van der Waals surface area contributed by atoms with E-state index in [0.717, 1.165) is 0 Å². The van der Waals surface area contributed by atoms with Crippen molar-refractivity contribution in [2.24, 2.45) is 0 Å². The van der Waals surface area contributed by atoms with Crippen molar-refractivity contribution >= 4 is 5.97 Å². The molecular weight excluding hydrogens is 154 g/mol. The van der Waals surface area contributed by atoms with Gasteiger partial charge in [0.1, 0.15) is 0 Å². The molecule has 0 fully saturated rings. The van der Waals surface area contributed by atoms with Gasteiger partial charge in [0.05, 0.1) is 0 Å². The van der Waals surface area contributed by atoms with E-state index in [1.165, 1.54) is 0 Å². The average Bonchev–Trinajstić information content (AvgIpc) is 2.05. The van der Waals surface area contributed by atoms with E-state index in [4.69, 9.17) is 5.11 Å². The zero-order valence-corrected chi connectivity index (χ0v) is 6.60. The third-order valence-corrected chi connectivity index (χ3v) is 1.49. The van der Waals surface area contributed by atoms with Gasteiger partial charge in [0.15, 0.2) is 12.7 Å². The van der Waals surface area contributed by atoms with Crippen molar-refractivity contribution in [3.63, 3.8) is 0 Å². The van der Waals surface area contributed by atoms with Crippen molar-refractivity contribution < 1.29 is 14.5 Å². The first-order valence-corrected chi connectivity index (χ1v) is 3.58. The lowest BCUT2D eigenvalue weighted by atomic mass is 10.3. The Labute approximate surface area is 70.6 Å². The number of carboxylic acids is 1. The van der Waals surface area contributed by atoms with Gasteiger partial charge in [-0.25, -0.2) is 4.79 Å². The number of aromatic carboxylic acids is 1. The second-order valence-corrected chi connectivity index (χ2v) is 2.33. The van der Waals surface area contributed by atoms with Crippen molar-refractivity contribution in [3.8, 4) is 0 Å². The Balaban J connectivity index is 3.07. The summed E-state index contributed by atoms with van der Waals surface area (Å²) < 4.78 is 1.62. The molecule has 0 aliphatic rings. The molecule has 0 bridgehead atoms. The summed E-state index contributed by atoms with van der Waals surface area (Å²) in [5.41, 5.74) is 0.275. The molecule has 0 unspecified atom stereocenters. The Bertz CT molecular complexity index is 307. The monoisotopic (exact) mass is 164 g/mol. The van der Waals surface area contributed by atoms with Gasteiger partial charge >= 0.3 is 5.97 Å². The Morgan fingerprint density at radius 3 is 3.00 bits per heavy atom. The van der Waals surface area contributed by atoms with Crippen LogP contribution in [0.15, 0.2) is 37.1 Å². The molecule has 0 radical (unpaired) electrons. The number of hydrogen-bond acceptors (Lipinski definition) is 1. The van der Waals surface area contributed by atoms with Crippen LogP contribution in [0, 0.1) is 0 Å². The van der Waals surface area contributed by atoms with Gasteiger partial charge in [0.25, 0.3) is 5.69 Å². The fraction of sp³-hybridized carbons (Fsp3) is 0.111. The van der Waals surface area contributed by atoms with E-state index >= 15 is 0 Å². The van der Waals surface area contributed by atoms with E-state index in [1.807, 2.05) is 0 Å². The second-order valence-electron chi connectivity index (χ2n) is 2.33. The lowest BCUT2D eigenvalue weighted by Crippen LogP contribution is -2.39. The maximum absolute atomic E-state index is 10.6. The molecule has 1 rings (SSSR count). The molecule has 1 N–H and O–H groups in total. The topological polar surface area (TPSA) is 41.2 Å². The molecular formula is C9H10NO2+. The van der Waals surface area contributed by atoms with Gasteiger partial charge in [-0.15, -0.1) is 0 Å². The van der Waals surface area contributed by atoms with Crippen LogP contribution in [0.3, 0.4) is 0 Å². The average molecular weight is 164 g/mol. The van der Waals surface area contributed by atoms with E-state index in [-0.39, 0.29) is 5.69 Å². The first-order valence-electron chi connectivity index (χ1n) is 3.58. The van der Waals surface area contributed by atoms with Gasteiger partial charge < -0.3 is 5.11 Å². The molecule has 0 spiro atoms. The summed E-state index contributed by atoms with van der Waals surface area (Å²) in [6, 6.07) is 5.05. The summed E-state index contributed by atoms with van der Waals surface area (Å²) in [6.45, 7) is 4.06. The minimum Gasteiger partial charge on any atom is -0.473 e. The van der Waals surface area contributed by atoms with Crippen LogP contribution < -0.4 is 4.57 Å². The zero-order chi connectivity index (χ0) is 8.97. The fourth-order valence-electron chi connectivity index (χ4n) is 0.969. The van der Waals surface area contributed by atoms with E-state index in [9.17, 15) is 4.79 Å². The number of aromatic nitrogens is 1. The molecule has 12 heavy (non-hydrogen) atoms. The summed E-state index contributed by atoms with van der Waals surface area (Å²) in [6.07, 6.45) is 3.37. The van der Waals surface area contributed by atoms with E-state index in [2.05, 4.69) is 6.58 Å². The second kappa shape index (κ2) is 3.67. The van der Waals surface area contributed by atoms with Gasteiger partial charge in [-0.1, -0.05) is 6.58 Å². The van der Waals surface area contributed by atoms with E-state index in [1.54, 1.807) is 35.0 Å². The highest BCUT2D eigenvalue weighted by Gasteiger charge is 2.14. The first kappa shape index (κ1) is 8.46. The number of rotatable bonds is 3. The summed E-state index contributed by atoms with van der Waals surface area (Å²) >= 11 is 0. The molecule has 0 saturated carbocycles. The van der Waals surface area contributed by atoms with Crippen LogP contribution >= 0.6 is 0 Å². The predicted octanol–water partition coefficient (Wildman–Crippen LogP) is 0.858. The Hall–Kier alpha value is -1.64. The van der Waals surface area contributed by atoms with Crippen molar-refractivity contribution in [2.75, 3.05) is 0 Å². The summed E-state index contributed by atoms with van der Waals surface area (Å²) in [5, 5.41) is 8.74. The largest absolute Gasteiger partial charge is 0.473 e. The molecule has 1 heterocycles. The standard InChI is InChI=1S/C9H9NO2/c1-2-6-10-7-4-3-5-8(10)9(11)12/h2-5,7H,1,6H2/p+1. The minimum absolute atomic E-state index is 0.275. The SMILES string of the molecule is C=CC[n+]1ccccc1C(=O)O. The smallest absolute Gasteiger partial charge is 0.401 e. The third-order valence-electron chi connectivity index (χ3n) is 1.49. The van der Waals surface area contributed by atoms with Gasteiger partial charge in [-0.3, -0.25) is 0 Å². The maximum atomic E-state index is 10.6. The molecule has 0 saturated heterocycles. The minimum atomic E-state index is -0.919. The van der Waals surface area contributed by atoms with Crippen LogP contribution in [0.4, 0.5) is 0 Å². The van der Waals surface area contributed by atoms with Gasteiger partial charge in [0.2, 0.25) is 0 Å². The number of allylic oxidation sites excluding steroid dienone is 1. The molecule has 3 nitrogen and oxygen atoms in total. The number of carbonyl (C=O) groups is 1. The number of carboxylic acid groups (broad SMARTS) is 1. The summed E-state index contributed by atoms with van der Waals surface area (Å²) in [5.74, 6) is -0.919. The van der Waals surface area contributed by atoms with Crippen LogP contribution in [0.5, 0.6) is 0 Å². The molecule has 0 aliphatic heterocycles. The Kier molecular flexibility index (Phi) is 2.58. The normalized spacial score (nSPS) is 9.33. The van der Waals surface area contributed by atoms with Crippen molar-refractivity contribution in [2.45, 2.75) is 6.54 Å². The summed E-state index contributed by atoms with van der Waals surface area (Å²) in [4.78, 5) is 10.6. The molecule has 1 aromatic heterocycles. The molecule has 3 heteroatoms. The highest BCUT2D eigenvalue weighted by molar-refractivity contribution is 5.83. The molecule has 0 aromatic carbocycles. The first-order chi connectivity index (χ1) is 5.75. The van der Waals surface area contributed by atoms with Crippen LogP contribution in [0.1, 0.15) is 10.5 Å². The van der Waals surface area contributed by atoms with Gasteiger partial charge in [0, 0.05) is 12.1 Å². The number of pyridine rings is 1. The Morgan fingerprint density at radius 2 is 2.42 bits per heavy atom. The Morgan fingerprint density at radius 1 is 1.67 bits per heavy atom. The highest BCUT2D eigenvalue weighted by Crippen LogP contribution is 1.90.